The van der Waals surface area contributed by atoms with Crippen molar-refractivity contribution in [3.05, 3.63) is 66.0 Å². The van der Waals surface area contributed by atoms with E-state index in [-0.39, 0.29) is 11.9 Å². The van der Waals surface area contributed by atoms with E-state index in [9.17, 15) is 4.79 Å². The summed E-state index contributed by atoms with van der Waals surface area (Å²) in [5.41, 5.74) is 2.50. The fourth-order valence-corrected chi connectivity index (χ4v) is 4.48. The van der Waals surface area contributed by atoms with E-state index in [4.69, 9.17) is 0 Å². The van der Waals surface area contributed by atoms with Crippen LogP contribution in [-0.4, -0.2) is 44.9 Å². The van der Waals surface area contributed by atoms with Gasteiger partial charge in [0.1, 0.15) is 17.8 Å². The second-order valence-corrected chi connectivity index (χ2v) is 8.16. The lowest BCUT2D eigenvalue weighted by atomic mass is 10.2. The number of carbonyl (C=O) groups excluding carboxylic acids is 1. The molecular formula is C23H19N5OS. The van der Waals surface area contributed by atoms with E-state index in [2.05, 4.69) is 62.3 Å². The van der Waals surface area contributed by atoms with Crippen LogP contribution in [0.15, 0.2) is 54.7 Å². The standard InChI is InChI=1S/C23H19N5OS/c1-2-21(29)28-9-7-18(13-28)27-23-19-12-17(26-22(19)24-14-25-23)5-3-15-4-6-20-16(11-15)8-10-30-20/h2,4,6,8,10-12,14,18H,1,7,9,13H2,(H2,24,25,26,27)/t18-/m1/s1. The van der Waals surface area contributed by atoms with Crippen molar-refractivity contribution in [1.82, 2.24) is 19.9 Å². The van der Waals surface area contributed by atoms with Gasteiger partial charge in [-0.05, 0) is 59.5 Å². The lowest BCUT2D eigenvalue weighted by molar-refractivity contribution is -0.125. The first-order chi connectivity index (χ1) is 14.7. The Bertz CT molecular complexity index is 1330. The summed E-state index contributed by atoms with van der Waals surface area (Å²) in [7, 11) is 0. The van der Waals surface area contributed by atoms with Crippen molar-refractivity contribution in [3.8, 4) is 11.8 Å². The van der Waals surface area contributed by atoms with Crippen molar-refractivity contribution >= 4 is 44.2 Å². The van der Waals surface area contributed by atoms with Gasteiger partial charge in [0, 0.05) is 29.4 Å². The van der Waals surface area contributed by atoms with Gasteiger partial charge in [-0.3, -0.25) is 4.79 Å². The van der Waals surface area contributed by atoms with Gasteiger partial charge in [0.25, 0.3) is 0 Å². The number of nitrogens with zero attached hydrogens (tertiary/aromatic N) is 3. The Kier molecular flexibility index (Phi) is 4.69. The Morgan fingerprint density at radius 2 is 2.23 bits per heavy atom. The molecule has 1 aliphatic rings. The highest BCUT2D eigenvalue weighted by Gasteiger charge is 2.25. The van der Waals surface area contributed by atoms with Crippen LogP contribution in [0.3, 0.4) is 0 Å². The Labute approximate surface area is 177 Å². The van der Waals surface area contributed by atoms with Crippen molar-refractivity contribution in [2.24, 2.45) is 0 Å². The van der Waals surface area contributed by atoms with Crippen LogP contribution in [0.5, 0.6) is 0 Å². The van der Waals surface area contributed by atoms with Gasteiger partial charge >= 0.3 is 0 Å². The van der Waals surface area contributed by atoms with Crippen LogP contribution in [0, 0.1) is 11.8 Å². The second-order valence-electron chi connectivity index (χ2n) is 7.21. The number of amides is 1. The molecule has 0 aliphatic carbocycles. The number of H-pyrrole nitrogens is 1. The van der Waals surface area contributed by atoms with Crippen LogP contribution >= 0.6 is 11.3 Å². The van der Waals surface area contributed by atoms with Crippen LogP contribution in [-0.2, 0) is 4.79 Å². The molecule has 5 rings (SSSR count). The number of likely N-dealkylation sites (tertiary alicyclic amines) is 1. The van der Waals surface area contributed by atoms with Gasteiger partial charge in [0.2, 0.25) is 5.91 Å². The predicted octanol–water partition coefficient (Wildman–Crippen LogP) is 3.77. The van der Waals surface area contributed by atoms with Gasteiger partial charge in [-0.15, -0.1) is 11.3 Å². The lowest BCUT2D eigenvalue weighted by Gasteiger charge is -2.15. The maximum absolute atomic E-state index is 11.8. The summed E-state index contributed by atoms with van der Waals surface area (Å²) >= 11 is 1.73. The highest BCUT2D eigenvalue weighted by Crippen LogP contribution is 2.24. The third kappa shape index (κ3) is 3.53. The van der Waals surface area contributed by atoms with Gasteiger partial charge < -0.3 is 15.2 Å². The molecule has 148 valence electrons. The van der Waals surface area contributed by atoms with Crippen LogP contribution in [0.4, 0.5) is 5.82 Å². The van der Waals surface area contributed by atoms with E-state index in [0.717, 1.165) is 41.1 Å². The number of anilines is 1. The Balaban J connectivity index is 1.38. The SMILES string of the molecule is C=CC(=O)N1CC[C@@H](Nc2ncnc3[nH]c(C#Cc4ccc5sccc5c4)cc23)C1. The smallest absolute Gasteiger partial charge is 0.246 e. The normalized spacial score (nSPS) is 15.9. The fraction of sp³-hybridized carbons (Fsp3) is 0.174. The van der Waals surface area contributed by atoms with Crippen LogP contribution in [0.1, 0.15) is 17.7 Å². The van der Waals surface area contributed by atoms with E-state index in [0.29, 0.717) is 6.54 Å². The first-order valence-electron chi connectivity index (χ1n) is 9.70. The molecule has 3 aromatic heterocycles. The Morgan fingerprint density at radius 1 is 1.30 bits per heavy atom. The molecule has 1 fully saturated rings. The second kappa shape index (κ2) is 7.65. The summed E-state index contributed by atoms with van der Waals surface area (Å²) < 4.78 is 1.26. The molecule has 1 saturated heterocycles. The predicted molar refractivity (Wildman–Crippen MR) is 120 cm³/mol. The van der Waals surface area contributed by atoms with Gasteiger partial charge in [-0.25, -0.2) is 9.97 Å². The molecule has 1 amide bonds. The van der Waals surface area contributed by atoms with E-state index in [1.165, 1.54) is 22.5 Å². The molecule has 7 heteroatoms. The molecule has 1 aliphatic heterocycles. The molecule has 0 unspecified atom stereocenters. The van der Waals surface area contributed by atoms with Crippen molar-refractivity contribution in [3.63, 3.8) is 0 Å². The number of hydrogen-bond acceptors (Lipinski definition) is 5. The molecule has 0 spiro atoms. The third-order valence-corrected chi connectivity index (χ3v) is 6.13. The van der Waals surface area contributed by atoms with Gasteiger partial charge in [-0.2, -0.15) is 0 Å². The summed E-state index contributed by atoms with van der Waals surface area (Å²) in [5.74, 6) is 7.13. The average molecular weight is 414 g/mol. The molecule has 1 aromatic carbocycles. The molecular weight excluding hydrogens is 394 g/mol. The van der Waals surface area contributed by atoms with Gasteiger partial charge in [0.15, 0.2) is 0 Å². The van der Waals surface area contributed by atoms with Crippen molar-refractivity contribution in [1.29, 1.82) is 0 Å². The Morgan fingerprint density at radius 3 is 3.13 bits per heavy atom. The number of nitrogens with one attached hydrogen (secondary N) is 2. The quantitative estimate of drug-likeness (QED) is 0.396. The molecule has 0 saturated carbocycles. The lowest BCUT2D eigenvalue weighted by Crippen LogP contribution is -2.30. The summed E-state index contributed by atoms with van der Waals surface area (Å²) in [6, 6.07) is 10.5. The molecule has 4 heterocycles. The topological polar surface area (TPSA) is 73.9 Å². The molecule has 0 radical (unpaired) electrons. The number of aromatic amines is 1. The average Bonchev–Trinajstić information content (AvgIpc) is 3.50. The van der Waals surface area contributed by atoms with Gasteiger partial charge in [0.05, 0.1) is 11.1 Å². The zero-order chi connectivity index (χ0) is 20.5. The van der Waals surface area contributed by atoms with E-state index >= 15 is 0 Å². The van der Waals surface area contributed by atoms with Crippen molar-refractivity contribution in [2.75, 3.05) is 18.4 Å². The number of rotatable bonds is 3. The van der Waals surface area contributed by atoms with E-state index in [1.54, 1.807) is 16.2 Å². The first kappa shape index (κ1) is 18.4. The zero-order valence-corrected chi connectivity index (χ0v) is 17.0. The number of benzene rings is 1. The molecule has 2 N–H and O–H groups in total. The third-order valence-electron chi connectivity index (χ3n) is 5.23. The first-order valence-corrected chi connectivity index (χ1v) is 10.6. The van der Waals surface area contributed by atoms with Crippen molar-refractivity contribution < 1.29 is 4.79 Å². The largest absolute Gasteiger partial charge is 0.365 e. The fourth-order valence-electron chi connectivity index (χ4n) is 3.71. The minimum Gasteiger partial charge on any atom is -0.365 e. The van der Waals surface area contributed by atoms with Crippen LogP contribution < -0.4 is 5.32 Å². The maximum Gasteiger partial charge on any atom is 0.246 e. The molecule has 30 heavy (non-hydrogen) atoms. The Hall–Kier alpha value is -3.63. The molecule has 4 aromatic rings. The number of thiophene rings is 1. The highest BCUT2D eigenvalue weighted by molar-refractivity contribution is 7.17. The minimum absolute atomic E-state index is 0.0352. The monoisotopic (exact) mass is 413 g/mol. The number of aromatic nitrogens is 3. The molecule has 1 atom stereocenters. The minimum atomic E-state index is -0.0352. The maximum atomic E-state index is 11.8. The highest BCUT2D eigenvalue weighted by atomic mass is 32.1. The number of fused-ring (bicyclic) bond motifs is 2. The summed E-state index contributed by atoms with van der Waals surface area (Å²) in [4.78, 5) is 25.6. The summed E-state index contributed by atoms with van der Waals surface area (Å²) in [6.07, 6.45) is 3.76. The zero-order valence-electron chi connectivity index (χ0n) is 16.2. The van der Waals surface area contributed by atoms with Gasteiger partial charge in [-0.1, -0.05) is 12.5 Å². The van der Waals surface area contributed by atoms with Crippen LogP contribution in [0.25, 0.3) is 21.1 Å². The number of carbonyl (C=O) groups is 1. The van der Waals surface area contributed by atoms with E-state index in [1.807, 2.05) is 12.1 Å². The van der Waals surface area contributed by atoms with Crippen molar-refractivity contribution in [2.45, 2.75) is 12.5 Å². The molecule has 0 bridgehead atoms. The van der Waals surface area contributed by atoms with Crippen LogP contribution in [0.2, 0.25) is 0 Å². The summed E-state index contributed by atoms with van der Waals surface area (Å²) in [6.45, 7) is 4.92. The molecule has 6 nitrogen and oxygen atoms in total. The summed E-state index contributed by atoms with van der Waals surface area (Å²) in [5, 5.41) is 7.64. The van der Waals surface area contributed by atoms with E-state index < -0.39 is 0 Å². The number of hydrogen-bond donors (Lipinski definition) is 2.